The molecule has 3 aromatic rings. The van der Waals surface area contributed by atoms with E-state index in [4.69, 9.17) is 4.98 Å². The molecule has 3 bridgehead atoms. The Kier molecular flexibility index (Phi) is 5.54. The number of likely N-dealkylation sites (tertiary alicyclic amines) is 1. The zero-order valence-electron chi connectivity index (χ0n) is 22.9. The van der Waals surface area contributed by atoms with Crippen molar-refractivity contribution in [3.05, 3.63) is 66.0 Å². The predicted octanol–water partition coefficient (Wildman–Crippen LogP) is 4.88. The fourth-order valence-corrected chi connectivity index (χ4v) is 8.33. The maximum absolute atomic E-state index is 13.0. The molecule has 0 aliphatic carbocycles. The topological polar surface area (TPSA) is 61.6 Å². The molecular weight excluding hydrogens is 472 g/mol. The maximum atomic E-state index is 13.0. The highest BCUT2D eigenvalue weighted by Gasteiger charge is 2.55. The van der Waals surface area contributed by atoms with Gasteiger partial charge >= 0.3 is 0 Å². The summed E-state index contributed by atoms with van der Waals surface area (Å²) in [7, 11) is 0. The van der Waals surface area contributed by atoms with Gasteiger partial charge in [-0.1, -0.05) is 63.2 Å². The first-order valence-electron chi connectivity index (χ1n) is 14.5. The van der Waals surface area contributed by atoms with E-state index < -0.39 is 6.10 Å². The number of fused-ring (bicyclic) bond motifs is 7. The van der Waals surface area contributed by atoms with Crippen LogP contribution in [-0.2, 0) is 10.2 Å². The van der Waals surface area contributed by atoms with Gasteiger partial charge in [0.2, 0.25) is 5.91 Å². The predicted molar refractivity (Wildman–Crippen MR) is 149 cm³/mol. The van der Waals surface area contributed by atoms with Gasteiger partial charge in [0.25, 0.3) is 0 Å². The summed E-state index contributed by atoms with van der Waals surface area (Å²) in [6, 6.07) is 20.6. The molecule has 38 heavy (non-hydrogen) atoms. The fourth-order valence-electron chi connectivity index (χ4n) is 8.33. The quantitative estimate of drug-likeness (QED) is 0.541. The number of piperidine rings is 2. The van der Waals surface area contributed by atoms with E-state index in [0.717, 1.165) is 37.6 Å². The second kappa shape index (κ2) is 8.65. The Labute approximate surface area is 225 Å². The Balaban J connectivity index is 1.15. The third-order valence-corrected chi connectivity index (χ3v) is 10.2. The molecule has 7 rings (SSSR count). The number of amides is 1. The number of rotatable bonds is 4. The number of aliphatic hydroxyl groups excluding tert-OH is 1. The molecule has 3 fully saturated rings. The van der Waals surface area contributed by atoms with Crippen molar-refractivity contribution >= 4 is 16.9 Å². The largest absolute Gasteiger partial charge is 0.391 e. The van der Waals surface area contributed by atoms with Crippen molar-refractivity contribution in [2.75, 3.05) is 19.6 Å². The van der Waals surface area contributed by atoms with Crippen LogP contribution in [0.25, 0.3) is 11.0 Å². The Hall–Kier alpha value is -2.70. The molecule has 1 aromatic heterocycles. The third-order valence-electron chi connectivity index (χ3n) is 10.2. The second-order valence-corrected chi connectivity index (χ2v) is 13.3. The monoisotopic (exact) mass is 512 g/mol. The zero-order chi connectivity index (χ0) is 26.2. The number of para-hydroxylation sites is 2. The van der Waals surface area contributed by atoms with Crippen LogP contribution in [0.2, 0.25) is 0 Å². The van der Waals surface area contributed by atoms with Gasteiger partial charge in [0, 0.05) is 54.5 Å². The van der Waals surface area contributed by atoms with E-state index >= 15 is 0 Å². The van der Waals surface area contributed by atoms with Crippen LogP contribution >= 0.6 is 0 Å². The molecule has 6 heteroatoms. The molecule has 0 spiro atoms. The van der Waals surface area contributed by atoms with Gasteiger partial charge in [0.15, 0.2) is 0 Å². The number of benzene rings is 2. The molecular formula is C32H40N4O2. The van der Waals surface area contributed by atoms with Crippen molar-refractivity contribution in [1.29, 1.82) is 0 Å². The van der Waals surface area contributed by atoms with Crippen LogP contribution in [0.1, 0.15) is 76.2 Å². The fraction of sp³-hybridized carbons (Fsp3) is 0.562. The van der Waals surface area contributed by atoms with E-state index in [0.29, 0.717) is 43.7 Å². The highest BCUT2D eigenvalue weighted by Crippen LogP contribution is 2.54. The lowest BCUT2D eigenvalue weighted by atomic mass is 9.68. The smallest absolute Gasteiger partial charge is 0.227 e. The molecule has 1 N–H and O–H groups in total. The third kappa shape index (κ3) is 3.60. The number of imidazole rings is 1. The number of aliphatic hydroxyl groups is 1. The van der Waals surface area contributed by atoms with E-state index in [1.165, 1.54) is 16.9 Å². The van der Waals surface area contributed by atoms with Crippen molar-refractivity contribution in [2.45, 2.75) is 88.4 Å². The Morgan fingerprint density at radius 3 is 2.45 bits per heavy atom. The number of hydrogen-bond acceptors (Lipinski definition) is 4. The molecule has 200 valence electrons. The van der Waals surface area contributed by atoms with E-state index in [9.17, 15) is 9.90 Å². The van der Waals surface area contributed by atoms with E-state index in [2.05, 4.69) is 64.1 Å². The first kappa shape index (κ1) is 24.3. The summed E-state index contributed by atoms with van der Waals surface area (Å²) in [6.45, 7) is 8.08. The minimum atomic E-state index is -0.477. The molecule has 3 saturated heterocycles. The molecule has 0 saturated carbocycles. The molecule has 4 aliphatic heterocycles. The van der Waals surface area contributed by atoms with Gasteiger partial charge in [-0.2, -0.15) is 0 Å². The maximum Gasteiger partial charge on any atom is 0.227 e. The average Bonchev–Trinajstić information content (AvgIpc) is 3.35. The first-order chi connectivity index (χ1) is 18.3. The SMILES string of the molecule is CC(C)(C)C(=O)N1CCC(c2ccccc2)(C(O)CN2C3CC4c5nc6ccccc6n5C(C3)CC42)CC1. The number of hydrogen-bond donors (Lipinski definition) is 1. The minimum Gasteiger partial charge on any atom is -0.391 e. The van der Waals surface area contributed by atoms with Gasteiger partial charge < -0.3 is 14.6 Å². The first-order valence-corrected chi connectivity index (χ1v) is 14.5. The summed E-state index contributed by atoms with van der Waals surface area (Å²) in [5, 5.41) is 12.1. The lowest BCUT2D eigenvalue weighted by Crippen LogP contribution is -2.57. The summed E-state index contributed by atoms with van der Waals surface area (Å²) in [4.78, 5) is 22.8. The van der Waals surface area contributed by atoms with Crippen molar-refractivity contribution in [3.63, 3.8) is 0 Å². The molecule has 1 amide bonds. The van der Waals surface area contributed by atoms with Crippen LogP contribution < -0.4 is 0 Å². The van der Waals surface area contributed by atoms with Crippen molar-refractivity contribution in [1.82, 2.24) is 19.4 Å². The number of carbonyl (C=O) groups excluding carboxylic acids is 1. The normalized spacial score (nSPS) is 29.0. The van der Waals surface area contributed by atoms with E-state index in [1.807, 2.05) is 25.7 Å². The van der Waals surface area contributed by atoms with Gasteiger partial charge in [-0.25, -0.2) is 4.98 Å². The van der Waals surface area contributed by atoms with Crippen LogP contribution in [0, 0.1) is 5.41 Å². The van der Waals surface area contributed by atoms with Crippen molar-refractivity contribution in [3.8, 4) is 0 Å². The molecule has 5 atom stereocenters. The van der Waals surface area contributed by atoms with E-state index in [1.54, 1.807) is 0 Å². The van der Waals surface area contributed by atoms with Crippen molar-refractivity contribution in [2.24, 2.45) is 5.41 Å². The molecule has 2 aromatic carbocycles. The number of carbonyl (C=O) groups is 1. The molecule has 0 radical (unpaired) electrons. The summed E-state index contributed by atoms with van der Waals surface area (Å²) in [6.07, 6.45) is 4.54. The molecule has 5 heterocycles. The van der Waals surface area contributed by atoms with Gasteiger partial charge in [-0.15, -0.1) is 0 Å². The second-order valence-electron chi connectivity index (χ2n) is 13.3. The summed E-state index contributed by atoms with van der Waals surface area (Å²) in [5.41, 5.74) is 2.89. The van der Waals surface area contributed by atoms with Gasteiger partial charge in [0.1, 0.15) is 5.82 Å². The van der Waals surface area contributed by atoms with Crippen LogP contribution in [0.15, 0.2) is 54.6 Å². The summed E-state index contributed by atoms with van der Waals surface area (Å²) < 4.78 is 2.54. The minimum absolute atomic E-state index is 0.210. The van der Waals surface area contributed by atoms with Crippen LogP contribution in [0.5, 0.6) is 0 Å². The van der Waals surface area contributed by atoms with Gasteiger partial charge in [-0.3, -0.25) is 9.69 Å². The standard InChI is InChI=1S/C32H40N4O2/c1-31(2,3)30(38)34-15-13-32(14-16-34,21-9-5-4-6-10-21)28(37)20-35-22-17-23-19-27(35)24(18-22)29-33-25-11-7-8-12-26(25)36(23)29/h4-12,22-24,27-28,37H,13-20H2,1-3H3. The zero-order valence-corrected chi connectivity index (χ0v) is 22.9. The molecule has 4 aliphatic rings. The highest BCUT2D eigenvalue weighted by molar-refractivity contribution is 5.81. The lowest BCUT2D eigenvalue weighted by molar-refractivity contribution is -0.142. The number of nitrogens with zero attached hydrogens (tertiary/aromatic N) is 4. The Morgan fingerprint density at radius 1 is 1.00 bits per heavy atom. The van der Waals surface area contributed by atoms with Crippen LogP contribution in [-0.4, -0.2) is 68.2 Å². The van der Waals surface area contributed by atoms with Gasteiger partial charge in [0.05, 0.1) is 17.1 Å². The Morgan fingerprint density at radius 2 is 1.71 bits per heavy atom. The van der Waals surface area contributed by atoms with E-state index in [-0.39, 0.29) is 16.7 Å². The number of aromatic nitrogens is 2. The summed E-state index contributed by atoms with van der Waals surface area (Å²) >= 11 is 0. The van der Waals surface area contributed by atoms with Gasteiger partial charge in [-0.05, 0) is 49.8 Å². The highest BCUT2D eigenvalue weighted by atomic mass is 16.3. The Bertz CT molecular complexity index is 1350. The lowest BCUT2D eigenvalue weighted by Gasteiger charge is -2.49. The average molecular weight is 513 g/mol. The summed E-state index contributed by atoms with van der Waals surface area (Å²) in [5.74, 6) is 1.91. The molecule has 5 unspecified atom stereocenters. The van der Waals surface area contributed by atoms with Crippen LogP contribution in [0.3, 0.4) is 0 Å². The van der Waals surface area contributed by atoms with Crippen molar-refractivity contribution < 1.29 is 9.90 Å². The van der Waals surface area contributed by atoms with Crippen LogP contribution in [0.4, 0.5) is 0 Å². The molecule has 6 nitrogen and oxygen atoms in total.